The Bertz CT molecular complexity index is 163. The molecule has 0 aliphatic heterocycles. The van der Waals surface area contributed by atoms with Crippen LogP contribution in [0.25, 0.3) is 0 Å². The lowest BCUT2D eigenvalue weighted by atomic mass is 10.2. The SMILES string of the molecule is CCOCCCC(=O)NCCCCCCN. The van der Waals surface area contributed by atoms with E-state index >= 15 is 0 Å². The van der Waals surface area contributed by atoms with E-state index in [0.29, 0.717) is 13.0 Å². The summed E-state index contributed by atoms with van der Waals surface area (Å²) in [6.07, 6.45) is 5.84. The zero-order valence-corrected chi connectivity index (χ0v) is 10.5. The number of unbranched alkanes of at least 4 members (excludes halogenated alkanes) is 3. The van der Waals surface area contributed by atoms with Crippen LogP contribution in [0.1, 0.15) is 45.4 Å². The summed E-state index contributed by atoms with van der Waals surface area (Å²) in [5.41, 5.74) is 5.39. The van der Waals surface area contributed by atoms with Gasteiger partial charge in [-0.25, -0.2) is 0 Å². The van der Waals surface area contributed by atoms with E-state index in [1.807, 2.05) is 6.92 Å². The van der Waals surface area contributed by atoms with Crippen molar-refractivity contribution in [1.82, 2.24) is 5.32 Å². The zero-order chi connectivity index (χ0) is 12.1. The molecule has 0 saturated heterocycles. The first-order valence-corrected chi connectivity index (χ1v) is 6.35. The number of nitrogens with two attached hydrogens (primary N) is 1. The number of carbonyl (C=O) groups excluding carboxylic acids is 1. The molecule has 0 heterocycles. The quantitative estimate of drug-likeness (QED) is 0.528. The normalized spacial score (nSPS) is 10.4. The van der Waals surface area contributed by atoms with Crippen LogP contribution in [0, 0.1) is 0 Å². The summed E-state index contributed by atoms with van der Waals surface area (Å²) in [6, 6.07) is 0. The van der Waals surface area contributed by atoms with Gasteiger partial charge in [0.25, 0.3) is 0 Å². The van der Waals surface area contributed by atoms with E-state index in [1.54, 1.807) is 0 Å². The van der Waals surface area contributed by atoms with Crippen LogP contribution < -0.4 is 11.1 Å². The van der Waals surface area contributed by atoms with Gasteiger partial charge in [-0.15, -0.1) is 0 Å². The van der Waals surface area contributed by atoms with Gasteiger partial charge in [-0.3, -0.25) is 4.79 Å². The van der Waals surface area contributed by atoms with Gasteiger partial charge in [0.05, 0.1) is 0 Å². The monoisotopic (exact) mass is 230 g/mol. The molecule has 3 N–H and O–H groups in total. The van der Waals surface area contributed by atoms with E-state index in [0.717, 1.165) is 51.8 Å². The molecule has 1 amide bonds. The maximum absolute atomic E-state index is 11.3. The fourth-order valence-corrected chi connectivity index (χ4v) is 1.42. The number of amides is 1. The molecule has 16 heavy (non-hydrogen) atoms. The predicted octanol–water partition coefficient (Wildman–Crippen LogP) is 1.44. The molecule has 4 nitrogen and oxygen atoms in total. The molecule has 0 atom stereocenters. The molecule has 0 unspecified atom stereocenters. The average molecular weight is 230 g/mol. The molecule has 0 spiro atoms. The van der Waals surface area contributed by atoms with Gasteiger partial charge in [0.2, 0.25) is 5.91 Å². The first-order chi connectivity index (χ1) is 7.81. The maximum Gasteiger partial charge on any atom is 0.220 e. The molecular formula is C12H26N2O2. The van der Waals surface area contributed by atoms with Crippen LogP contribution in [0.15, 0.2) is 0 Å². The van der Waals surface area contributed by atoms with Gasteiger partial charge in [-0.05, 0) is 32.7 Å². The van der Waals surface area contributed by atoms with Crippen molar-refractivity contribution in [2.24, 2.45) is 5.73 Å². The number of ether oxygens (including phenoxy) is 1. The van der Waals surface area contributed by atoms with Crippen LogP contribution in [0.2, 0.25) is 0 Å². The summed E-state index contributed by atoms with van der Waals surface area (Å²) in [5.74, 6) is 0.138. The third kappa shape index (κ3) is 11.5. The van der Waals surface area contributed by atoms with Crippen LogP contribution in [0.4, 0.5) is 0 Å². The van der Waals surface area contributed by atoms with Crippen molar-refractivity contribution < 1.29 is 9.53 Å². The van der Waals surface area contributed by atoms with E-state index in [4.69, 9.17) is 10.5 Å². The minimum atomic E-state index is 0.138. The van der Waals surface area contributed by atoms with Gasteiger partial charge in [0, 0.05) is 26.2 Å². The highest BCUT2D eigenvalue weighted by Gasteiger charge is 1.99. The molecule has 0 saturated carbocycles. The Morgan fingerprint density at radius 2 is 1.94 bits per heavy atom. The van der Waals surface area contributed by atoms with Crippen molar-refractivity contribution in [3.63, 3.8) is 0 Å². The molecular weight excluding hydrogens is 204 g/mol. The summed E-state index contributed by atoms with van der Waals surface area (Å²) in [5, 5.41) is 2.91. The van der Waals surface area contributed by atoms with Crippen LogP contribution in [0.3, 0.4) is 0 Å². The Morgan fingerprint density at radius 3 is 2.62 bits per heavy atom. The van der Waals surface area contributed by atoms with Gasteiger partial charge in [0.1, 0.15) is 0 Å². The number of hydrogen-bond acceptors (Lipinski definition) is 3. The van der Waals surface area contributed by atoms with Crippen LogP contribution in [0.5, 0.6) is 0 Å². The summed E-state index contributed by atoms with van der Waals surface area (Å²) in [7, 11) is 0. The van der Waals surface area contributed by atoms with Crippen LogP contribution in [-0.4, -0.2) is 32.2 Å². The predicted molar refractivity (Wildman–Crippen MR) is 66.3 cm³/mol. The Balaban J connectivity index is 3.11. The first kappa shape index (κ1) is 15.4. The third-order valence-electron chi connectivity index (χ3n) is 2.35. The van der Waals surface area contributed by atoms with E-state index in [9.17, 15) is 4.79 Å². The van der Waals surface area contributed by atoms with Crippen molar-refractivity contribution in [2.45, 2.75) is 45.4 Å². The molecule has 0 bridgehead atoms. The topological polar surface area (TPSA) is 64.3 Å². The van der Waals surface area contributed by atoms with Crippen molar-refractivity contribution in [3.05, 3.63) is 0 Å². The molecule has 0 rings (SSSR count). The summed E-state index contributed by atoms with van der Waals surface area (Å²) in [4.78, 5) is 11.3. The average Bonchev–Trinajstić information content (AvgIpc) is 2.29. The lowest BCUT2D eigenvalue weighted by molar-refractivity contribution is -0.121. The van der Waals surface area contributed by atoms with E-state index < -0.39 is 0 Å². The largest absolute Gasteiger partial charge is 0.382 e. The first-order valence-electron chi connectivity index (χ1n) is 6.35. The van der Waals surface area contributed by atoms with Gasteiger partial charge in [-0.2, -0.15) is 0 Å². The Kier molecular flexibility index (Phi) is 12.0. The molecule has 0 aromatic heterocycles. The van der Waals surface area contributed by atoms with Crippen molar-refractivity contribution in [1.29, 1.82) is 0 Å². The smallest absolute Gasteiger partial charge is 0.220 e. The van der Waals surface area contributed by atoms with Gasteiger partial charge in [-0.1, -0.05) is 12.8 Å². The molecule has 0 fully saturated rings. The highest BCUT2D eigenvalue weighted by atomic mass is 16.5. The lowest BCUT2D eigenvalue weighted by Gasteiger charge is -2.05. The molecule has 0 aromatic rings. The summed E-state index contributed by atoms with van der Waals surface area (Å²) >= 11 is 0. The van der Waals surface area contributed by atoms with Gasteiger partial charge >= 0.3 is 0 Å². The maximum atomic E-state index is 11.3. The van der Waals surface area contributed by atoms with E-state index in [2.05, 4.69) is 5.32 Å². The minimum absolute atomic E-state index is 0.138. The fraction of sp³-hybridized carbons (Fsp3) is 0.917. The molecule has 4 heteroatoms. The van der Waals surface area contributed by atoms with Crippen molar-refractivity contribution in [2.75, 3.05) is 26.3 Å². The summed E-state index contributed by atoms with van der Waals surface area (Å²) < 4.78 is 5.16. The van der Waals surface area contributed by atoms with E-state index in [-0.39, 0.29) is 5.91 Å². The molecule has 0 aromatic carbocycles. The summed E-state index contributed by atoms with van der Waals surface area (Å²) in [6.45, 7) is 4.92. The molecule has 96 valence electrons. The highest BCUT2D eigenvalue weighted by Crippen LogP contribution is 1.97. The Hall–Kier alpha value is -0.610. The Morgan fingerprint density at radius 1 is 1.19 bits per heavy atom. The number of nitrogens with one attached hydrogen (secondary N) is 1. The lowest BCUT2D eigenvalue weighted by Crippen LogP contribution is -2.24. The second-order valence-corrected chi connectivity index (χ2v) is 3.85. The van der Waals surface area contributed by atoms with Gasteiger partial charge < -0.3 is 15.8 Å². The van der Waals surface area contributed by atoms with Crippen molar-refractivity contribution >= 4 is 5.91 Å². The number of carbonyl (C=O) groups is 1. The Labute approximate surface area is 98.9 Å². The zero-order valence-electron chi connectivity index (χ0n) is 10.5. The van der Waals surface area contributed by atoms with Crippen molar-refractivity contribution in [3.8, 4) is 0 Å². The highest BCUT2D eigenvalue weighted by molar-refractivity contribution is 5.75. The van der Waals surface area contributed by atoms with Crippen LogP contribution in [-0.2, 0) is 9.53 Å². The minimum Gasteiger partial charge on any atom is -0.382 e. The van der Waals surface area contributed by atoms with Crippen LogP contribution >= 0.6 is 0 Å². The molecule has 0 aliphatic rings. The second kappa shape index (κ2) is 12.5. The standard InChI is InChI=1S/C12H26N2O2/c1-2-16-11-7-8-12(15)14-10-6-4-3-5-9-13/h2-11,13H2,1H3,(H,14,15). The fourth-order valence-electron chi connectivity index (χ4n) is 1.42. The second-order valence-electron chi connectivity index (χ2n) is 3.85. The molecule has 0 aliphatic carbocycles. The number of hydrogen-bond donors (Lipinski definition) is 2. The van der Waals surface area contributed by atoms with Gasteiger partial charge in [0.15, 0.2) is 0 Å². The number of rotatable bonds is 11. The van der Waals surface area contributed by atoms with E-state index in [1.165, 1.54) is 0 Å². The third-order valence-corrected chi connectivity index (χ3v) is 2.35. The molecule has 0 radical (unpaired) electrons.